The summed E-state index contributed by atoms with van der Waals surface area (Å²) in [4.78, 5) is 10.2. The Bertz CT molecular complexity index is 210. The molecule has 1 N–H and O–H groups in total. The second kappa shape index (κ2) is 6.01. The third-order valence-corrected chi connectivity index (χ3v) is 1.02. The normalized spacial score (nSPS) is 7.27. The summed E-state index contributed by atoms with van der Waals surface area (Å²) in [6, 6.07) is 8.30. The summed E-state index contributed by atoms with van der Waals surface area (Å²) in [5, 5.41) is 8.38. The van der Waals surface area contributed by atoms with Gasteiger partial charge >= 0.3 is 25.4 Å². The Balaban J connectivity index is 0. The molecule has 0 amide bonds. The van der Waals surface area contributed by atoms with E-state index in [1.54, 1.807) is 30.3 Å². The molecule has 54 valence electrons. The number of carboxylic acid groups (broad SMARTS) is 1. The van der Waals surface area contributed by atoms with Crippen LogP contribution in [0.15, 0.2) is 30.3 Å². The van der Waals surface area contributed by atoms with Gasteiger partial charge in [0.2, 0.25) is 0 Å². The number of carboxylic acids is 1. The number of hydrogen-bond acceptors (Lipinski definition) is 1. The Hall–Kier alpha value is -0.727. The quantitative estimate of drug-likeness (QED) is 0.699. The molecule has 1 aromatic carbocycles. The van der Waals surface area contributed by atoms with Gasteiger partial charge in [-0.15, -0.1) is 0 Å². The van der Waals surface area contributed by atoms with Crippen molar-refractivity contribution in [2.24, 2.45) is 0 Å². The van der Waals surface area contributed by atoms with Crippen LogP contribution in [0.2, 0.25) is 0 Å². The molecule has 0 bridgehead atoms. The van der Waals surface area contributed by atoms with Crippen molar-refractivity contribution >= 4 is 5.97 Å². The van der Waals surface area contributed by atoms with Gasteiger partial charge in [0.25, 0.3) is 0 Å². The van der Waals surface area contributed by atoms with Gasteiger partial charge in [-0.1, -0.05) is 18.2 Å². The van der Waals surface area contributed by atoms with Crippen molar-refractivity contribution in [2.45, 2.75) is 0 Å². The number of carbonyl (C=O) groups is 1. The van der Waals surface area contributed by atoms with E-state index in [4.69, 9.17) is 5.11 Å². The number of hydrogen-bond donors (Lipinski definition) is 1. The van der Waals surface area contributed by atoms with E-state index in [0.717, 1.165) is 0 Å². The van der Waals surface area contributed by atoms with Gasteiger partial charge in [-0.3, -0.25) is 0 Å². The predicted octanol–water partition coefficient (Wildman–Crippen LogP) is 1.26. The molecule has 3 nitrogen and oxygen atoms in total. The van der Waals surface area contributed by atoms with Crippen molar-refractivity contribution < 1.29 is 34.9 Å². The van der Waals surface area contributed by atoms with E-state index in [0.29, 0.717) is 5.56 Å². The summed E-state index contributed by atoms with van der Waals surface area (Å²) < 4.78 is 0. The van der Waals surface area contributed by atoms with Crippen LogP contribution in [-0.4, -0.2) is 11.1 Å². The molecule has 1 aromatic rings. The number of aromatic carboxylic acids is 1. The maximum absolute atomic E-state index is 10.2. The first-order chi connectivity index (χ1) is 4.30. The van der Waals surface area contributed by atoms with Crippen LogP contribution in [-0.2, 0) is 25.0 Å². The summed E-state index contributed by atoms with van der Waals surface area (Å²) in [6.45, 7) is 0. The third-order valence-electron chi connectivity index (χ3n) is 1.02. The van der Waals surface area contributed by atoms with Gasteiger partial charge < -0.3 is 10.6 Å². The fourth-order valence-corrected chi connectivity index (χ4v) is 0.581. The summed E-state index contributed by atoms with van der Waals surface area (Å²) >= 11 is 0. The van der Waals surface area contributed by atoms with Gasteiger partial charge in [-0.2, -0.15) is 0 Å². The standard InChI is InChI=1S/C7H6O2.O.Zn/c8-7(9)6-4-2-1-3-5-6;;/h1-5H,(H,8,9);;/q;-2;+2. The summed E-state index contributed by atoms with van der Waals surface area (Å²) in [6.07, 6.45) is 0. The molecular weight excluding hydrogens is 197 g/mol. The van der Waals surface area contributed by atoms with Crippen LogP contribution in [0.1, 0.15) is 10.4 Å². The third kappa shape index (κ3) is 3.86. The molecular formula is C7H6O3Zn. The molecule has 0 aromatic heterocycles. The topological polar surface area (TPSA) is 65.8 Å². The van der Waals surface area contributed by atoms with Crippen LogP contribution in [0.3, 0.4) is 0 Å². The SMILES string of the molecule is O=C(O)c1ccccc1.[O-2].[Zn+2]. The van der Waals surface area contributed by atoms with Gasteiger partial charge in [-0.05, 0) is 12.1 Å². The molecule has 4 heteroatoms. The van der Waals surface area contributed by atoms with Crippen LogP contribution in [0, 0.1) is 0 Å². The van der Waals surface area contributed by atoms with E-state index in [1.165, 1.54) is 0 Å². The first-order valence-electron chi connectivity index (χ1n) is 2.59. The Labute approximate surface area is 77.1 Å². The molecule has 0 heterocycles. The first kappa shape index (κ1) is 12.9. The van der Waals surface area contributed by atoms with E-state index in [2.05, 4.69) is 0 Å². The van der Waals surface area contributed by atoms with Crippen LogP contribution in [0.5, 0.6) is 0 Å². The van der Waals surface area contributed by atoms with Crippen molar-refractivity contribution in [3.05, 3.63) is 35.9 Å². The minimum Gasteiger partial charge on any atom is -2.00 e. The predicted molar refractivity (Wildman–Crippen MR) is 34.1 cm³/mol. The van der Waals surface area contributed by atoms with E-state index in [1.807, 2.05) is 0 Å². The maximum Gasteiger partial charge on any atom is 2.00 e. The number of rotatable bonds is 1. The molecule has 0 aliphatic rings. The van der Waals surface area contributed by atoms with Gasteiger partial charge in [0.05, 0.1) is 5.56 Å². The first-order valence-corrected chi connectivity index (χ1v) is 2.59. The van der Waals surface area contributed by atoms with Crippen molar-refractivity contribution in [1.29, 1.82) is 0 Å². The minimum atomic E-state index is -0.879. The molecule has 0 fully saturated rings. The summed E-state index contributed by atoms with van der Waals surface area (Å²) in [5.41, 5.74) is 0.331. The molecule has 0 radical (unpaired) electrons. The van der Waals surface area contributed by atoms with Crippen molar-refractivity contribution in [1.82, 2.24) is 0 Å². The molecule has 0 aliphatic carbocycles. The Morgan fingerprint density at radius 1 is 1.18 bits per heavy atom. The number of benzene rings is 1. The van der Waals surface area contributed by atoms with Crippen LogP contribution in [0.4, 0.5) is 0 Å². The fraction of sp³-hybridized carbons (Fsp3) is 0. The van der Waals surface area contributed by atoms with Crippen molar-refractivity contribution in [3.63, 3.8) is 0 Å². The molecule has 0 aliphatic heterocycles. The van der Waals surface area contributed by atoms with Crippen LogP contribution >= 0.6 is 0 Å². The zero-order valence-electron chi connectivity index (χ0n) is 5.86. The average Bonchev–Trinajstić information content (AvgIpc) is 1.90. The van der Waals surface area contributed by atoms with Gasteiger partial charge in [0, 0.05) is 0 Å². The monoisotopic (exact) mass is 202 g/mol. The van der Waals surface area contributed by atoms with Gasteiger partial charge in [0.15, 0.2) is 0 Å². The van der Waals surface area contributed by atoms with Gasteiger partial charge in [0.1, 0.15) is 0 Å². The molecule has 11 heavy (non-hydrogen) atoms. The zero-order chi connectivity index (χ0) is 6.69. The average molecular weight is 204 g/mol. The molecule has 0 saturated carbocycles. The largest absolute Gasteiger partial charge is 2.00 e. The second-order valence-electron chi connectivity index (χ2n) is 1.67. The molecule has 0 atom stereocenters. The maximum atomic E-state index is 10.2. The molecule has 0 saturated heterocycles. The Kier molecular flexibility index (Phi) is 7.06. The van der Waals surface area contributed by atoms with E-state index < -0.39 is 5.97 Å². The van der Waals surface area contributed by atoms with Crippen molar-refractivity contribution in [3.8, 4) is 0 Å². The van der Waals surface area contributed by atoms with Crippen LogP contribution in [0.25, 0.3) is 0 Å². The minimum absolute atomic E-state index is 0. The molecule has 0 spiro atoms. The van der Waals surface area contributed by atoms with E-state index in [-0.39, 0.29) is 25.0 Å². The van der Waals surface area contributed by atoms with Crippen molar-refractivity contribution in [2.75, 3.05) is 0 Å². The molecule has 1 rings (SSSR count). The van der Waals surface area contributed by atoms with Gasteiger partial charge in [-0.25, -0.2) is 4.79 Å². The fourth-order valence-electron chi connectivity index (χ4n) is 0.581. The molecule has 0 unspecified atom stereocenters. The second-order valence-corrected chi connectivity index (χ2v) is 1.67. The van der Waals surface area contributed by atoms with E-state index in [9.17, 15) is 4.79 Å². The smallest absolute Gasteiger partial charge is 2.00 e. The zero-order valence-corrected chi connectivity index (χ0v) is 8.82. The summed E-state index contributed by atoms with van der Waals surface area (Å²) in [7, 11) is 0. The summed E-state index contributed by atoms with van der Waals surface area (Å²) in [5.74, 6) is -0.879. The Morgan fingerprint density at radius 3 is 1.91 bits per heavy atom. The van der Waals surface area contributed by atoms with E-state index >= 15 is 0 Å². The Morgan fingerprint density at radius 2 is 1.64 bits per heavy atom. The van der Waals surface area contributed by atoms with Crippen LogP contribution < -0.4 is 0 Å².